The molecule has 7 heteroatoms. The predicted octanol–water partition coefficient (Wildman–Crippen LogP) is 2.05. The zero-order chi connectivity index (χ0) is 18.4. The second kappa shape index (κ2) is 8.24. The Labute approximate surface area is 148 Å². The Morgan fingerprint density at radius 3 is 2.20 bits per heavy atom. The molecular weight excluding hydrogens is 340 g/mol. The van der Waals surface area contributed by atoms with Gasteiger partial charge in [0.15, 0.2) is 0 Å². The fourth-order valence-corrected chi connectivity index (χ4v) is 3.18. The van der Waals surface area contributed by atoms with Crippen molar-refractivity contribution in [2.75, 3.05) is 27.7 Å². The molecule has 0 radical (unpaired) electrons. The van der Waals surface area contributed by atoms with Crippen LogP contribution in [0.4, 0.5) is 0 Å². The van der Waals surface area contributed by atoms with Gasteiger partial charge in [-0.05, 0) is 29.8 Å². The SMILES string of the molecule is COC(CNC(=O)c1ccc(S(=O)(=O)N(C)C)cc1)c1ccccc1. The Bertz CT molecular complexity index is 803. The van der Waals surface area contributed by atoms with Gasteiger partial charge in [0.1, 0.15) is 0 Å². The van der Waals surface area contributed by atoms with Gasteiger partial charge in [0.05, 0.1) is 11.0 Å². The number of hydrogen-bond acceptors (Lipinski definition) is 4. The highest BCUT2D eigenvalue weighted by atomic mass is 32.2. The molecule has 2 aromatic carbocycles. The van der Waals surface area contributed by atoms with Crippen LogP contribution in [0.3, 0.4) is 0 Å². The Morgan fingerprint density at radius 2 is 1.68 bits per heavy atom. The van der Waals surface area contributed by atoms with Crippen LogP contribution in [0.15, 0.2) is 59.5 Å². The number of carbonyl (C=O) groups excluding carboxylic acids is 1. The van der Waals surface area contributed by atoms with Gasteiger partial charge >= 0.3 is 0 Å². The van der Waals surface area contributed by atoms with Crippen LogP contribution >= 0.6 is 0 Å². The fourth-order valence-electron chi connectivity index (χ4n) is 2.28. The van der Waals surface area contributed by atoms with Crippen LogP contribution in [0, 0.1) is 0 Å². The molecule has 1 unspecified atom stereocenters. The van der Waals surface area contributed by atoms with Gasteiger partial charge in [0.2, 0.25) is 10.0 Å². The third-order valence-electron chi connectivity index (χ3n) is 3.80. The number of sulfonamides is 1. The molecule has 0 spiro atoms. The Morgan fingerprint density at radius 1 is 1.08 bits per heavy atom. The molecule has 2 aromatic rings. The number of rotatable bonds is 7. The summed E-state index contributed by atoms with van der Waals surface area (Å²) in [5, 5.41) is 2.81. The molecule has 2 rings (SSSR count). The standard InChI is InChI=1S/C18H22N2O4S/c1-20(2)25(22,23)16-11-9-15(10-12-16)18(21)19-13-17(24-3)14-7-5-4-6-8-14/h4-12,17H,13H2,1-3H3,(H,19,21). The highest BCUT2D eigenvalue weighted by Gasteiger charge is 2.18. The van der Waals surface area contributed by atoms with E-state index in [4.69, 9.17) is 4.74 Å². The van der Waals surface area contributed by atoms with E-state index in [1.165, 1.54) is 38.4 Å². The molecule has 0 saturated heterocycles. The number of methoxy groups -OCH3 is 1. The maximum atomic E-state index is 12.3. The topological polar surface area (TPSA) is 75.7 Å². The molecule has 0 saturated carbocycles. The summed E-state index contributed by atoms with van der Waals surface area (Å²) in [5.41, 5.74) is 1.36. The van der Waals surface area contributed by atoms with Crippen molar-refractivity contribution < 1.29 is 17.9 Å². The van der Waals surface area contributed by atoms with Crippen molar-refractivity contribution in [2.45, 2.75) is 11.0 Å². The van der Waals surface area contributed by atoms with E-state index < -0.39 is 10.0 Å². The summed E-state index contributed by atoms with van der Waals surface area (Å²) in [6.45, 7) is 0.317. The number of ether oxygens (including phenoxy) is 1. The van der Waals surface area contributed by atoms with Crippen molar-refractivity contribution >= 4 is 15.9 Å². The molecule has 6 nitrogen and oxygen atoms in total. The maximum Gasteiger partial charge on any atom is 0.251 e. The third kappa shape index (κ3) is 4.66. The summed E-state index contributed by atoms with van der Waals surface area (Å²) in [6, 6.07) is 15.4. The van der Waals surface area contributed by atoms with Gasteiger partial charge in [-0.1, -0.05) is 30.3 Å². The van der Waals surface area contributed by atoms with Crippen LogP contribution in [-0.2, 0) is 14.8 Å². The molecule has 25 heavy (non-hydrogen) atoms. The quantitative estimate of drug-likeness (QED) is 0.818. The molecule has 0 heterocycles. The van der Waals surface area contributed by atoms with Gasteiger partial charge in [-0.3, -0.25) is 4.79 Å². The van der Waals surface area contributed by atoms with E-state index in [0.29, 0.717) is 12.1 Å². The van der Waals surface area contributed by atoms with E-state index in [9.17, 15) is 13.2 Å². The van der Waals surface area contributed by atoms with Crippen molar-refractivity contribution in [3.8, 4) is 0 Å². The normalized spacial score (nSPS) is 12.8. The van der Waals surface area contributed by atoms with E-state index in [0.717, 1.165) is 9.87 Å². The molecule has 0 aliphatic rings. The molecule has 0 aliphatic carbocycles. The highest BCUT2D eigenvalue weighted by molar-refractivity contribution is 7.89. The summed E-state index contributed by atoms with van der Waals surface area (Å²) < 4.78 is 30.6. The van der Waals surface area contributed by atoms with E-state index in [2.05, 4.69) is 5.32 Å². The second-order valence-corrected chi connectivity index (χ2v) is 7.81. The van der Waals surface area contributed by atoms with E-state index in [1.54, 1.807) is 7.11 Å². The van der Waals surface area contributed by atoms with Crippen LogP contribution < -0.4 is 5.32 Å². The average Bonchev–Trinajstić information content (AvgIpc) is 2.63. The van der Waals surface area contributed by atoms with Gasteiger partial charge in [0.25, 0.3) is 5.91 Å². The smallest absolute Gasteiger partial charge is 0.251 e. The lowest BCUT2D eigenvalue weighted by Gasteiger charge is -2.16. The first kappa shape index (κ1) is 19.1. The average molecular weight is 362 g/mol. The molecule has 1 atom stereocenters. The minimum absolute atomic E-state index is 0.146. The summed E-state index contributed by atoms with van der Waals surface area (Å²) in [6.07, 6.45) is -0.251. The van der Waals surface area contributed by atoms with Gasteiger partial charge in [-0.25, -0.2) is 12.7 Å². The lowest BCUT2D eigenvalue weighted by atomic mass is 10.1. The first-order valence-corrected chi connectivity index (χ1v) is 9.19. The van der Waals surface area contributed by atoms with Crippen molar-refractivity contribution in [1.29, 1.82) is 0 Å². The summed E-state index contributed by atoms with van der Waals surface area (Å²) in [5.74, 6) is -0.285. The van der Waals surface area contributed by atoms with Crippen molar-refractivity contribution in [2.24, 2.45) is 0 Å². The van der Waals surface area contributed by atoms with E-state index in [-0.39, 0.29) is 16.9 Å². The van der Waals surface area contributed by atoms with Crippen LogP contribution in [0.2, 0.25) is 0 Å². The highest BCUT2D eigenvalue weighted by Crippen LogP contribution is 2.16. The van der Waals surface area contributed by atoms with Gasteiger partial charge in [-0.2, -0.15) is 0 Å². The van der Waals surface area contributed by atoms with E-state index in [1.807, 2.05) is 30.3 Å². The second-order valence-electron chi connectivity index (χ2n) is 5.66. The van der Waals surface area contributed by atoms with Crippen molar-refractivity contribution in [3.05, 3.63) is 65.7 Å². The zero-order valence-corrected chi connectivity index (χ0v) is 15.3. The maximum absolute atomic E-state index is 12.3. The number of carbonyl (C=O) groups is 1. The fraction of sp³-hybridized carbons (Fsp3) is 0.278. The van der Waals surface area contributed by atoms with Crippen molar-refractivity contribution in [3.63, 3.8) is 0 Å². The molecule has 134 valence electrons. The third-order valence-corrected chi connectivity index (χ3v) is 5.63. The van der Waals surface area contributed by atoms with Gasteiger partial charge in [-0.15, -0.1) is 0 Å². The Kier molecular flexibility index (Phi) is 6.30. The molecular formula is C18H22N2O4S. The minimum Gasteiger partial charge on any atom is -0.375 e. The first-order chi connectivity index (χ1) is 11.9. The number of nitrogens with zero attached hydrogens (tertiary/aromatic N) is 1. The van der Waals surface area contributed by atoms with Crippen LogP contribution in [0.1, 0.15) is 22.0 Å². The molecule has 0 aliphatic heterocycles. The predicted molar refractivity (Wildman–Crippen MR) is 95.8 cm³/mol. The summed E-state index contributed by atoms with van der Waals surface area (Å²) in [7, 11) is 1.01. The molecule has 0 fully saturated rings. The number of benzene rings is 2. The van der Waals surface area contributed by atoms with Crippen LogP contribution in [0.5, 0.6) is 0 Å². The van der Waals surface area contributed by atoms with E-state index >= 15 is 0 Å². The number of amides is 1. The Hall–Kier alpha value is -2.22. The molecule has 0 bridgehead atoms. The summed E-state index contributed by atoms with van der Waals surface area (Å²) in [4.78, 5) is 12.4. The molecule has 1 amide bonds. The van der Waals surface area contributed by atoms with Crippen LogP contribution in [0.25, 0.3) is 0 Å². The zero-order valence-electron chi connectivity index (χ0n) is 14.5. The number of nitrogens with one attached hydrogen (secondary N) is 1. The monoisotopic (exact) mass is 362 g/mol. The van der Waals surface area contributed by atoms with Gasteiger partial charge in [0, 0.05) is 33.3 Å². The largest absolute Gasteiger partial charge is 0.375 e. The lowest BCUT2D eigenvalue weighted by molar-refractivity contribution is 0.0828. The number of hydrogen-bond donors (Lipinski definition) is 1. The molecule has 0 aromatic heterocycles. The van der Waals surface area contributed by atoms with Crippen LogP contribution in [-0.4, -0.2) is 46.4 Å². The minimum atomic E-state index is -3.50. The lowest BCUT2D eigenvalue weighted by Crippen LogP contribution is -2.29. The Balaban J connectivity index is 2.04. The first-order valence-electron chi connectivity index (χ1n) is 7.75. The summed E-state index contributed by atoms with van der Waals surface area (Å²) >= 11 is 0. The van der Waals surface area contributed by atoms with Crippen molar-refractivity contribution in [1.82, 2.24) is 9.62 Å². The van der Waals surface area contributed by atoms with Gasteiger partial charge < -0.3 is 10.1 Å². The molecule has 1 N–H and O–H groups in total.